The van der Waals surface area contributed by atoms with E-state index in [1.54, 1.807) is 0 Å². The van der Waals surface area contributed by atoms with Crippen LogP contribution in [0.5, 0.6) is 5.75 Å². The molecule has 1 N–H and O–H groups in total. The average Bonchev–Trinajstić information content (AvgIpc) is 2.63. The molecule has 0 saturated carbocycles. The lowest BCUT2D eigenvalue weighted by Crippen LogP contribution is -2.34. The number of aromatic nitrogens is 1. The van der Waals surface area contributed by atoms with Crippen molar-refractivity contribution in [3.63, 3.8) is 0 Å². The molecular formula is C22H24N2O. The van der Waals surface area contributed by atoms with Crippen molar-refractivity contribution in [3.05, 3.63) is 59.9 Å². The predicted octanol–water partition coefficient (Wildman–Crippen LogP) is 4.65. The van der Waals surface area contributed by atoms with E-state index in [0.717, 1.165) is 37.1 Å². The second-order valence-corrected chi connectivity index (χ2v) is 6.92. The number of nitrogens with one attached hydrogen (secondary N) is 1. The summed E-state index contributed by atoms with van der Waals surface area (Å²) in [6, 6.07) is 13.0. The minimum atomic E-state index is 0.282. The third-order valence-electron chi connectivity index (χ3n) is 5.01. The number of pyridine rings is 1. The maximum absolute atomic E-state index is 6.47. The van der Waals surface area contributed by atoms with E-state index in [2.05, 4.69) is 60.5 Å². The molecule has 2 heterocycles. The fourth-order valence-electron chi connectivity index (χ4n) is 3.71. The van der Waals surface area contributed by atoms with Crippen molar-refractivity contribution in [2.75, 3.05) is 13.1 Å². The van der Waals surface area contributed by atoms with Gasteiger partial charge < -0.3 is 10.1 Å². The fraction of sp³-hybridized carbons (Fsp3) is 0.318. The maximum atomic E-state index is 6.47. The minimum absolute atomic E-state index is 0.282. The monoisotopic (exact) mass is 332 g/mol. The predicted molar refractivity (Wildman–Crippen MR) is 103 cm³/mol. The number of ether oxygens (including phenoxy) is 1. The van der Waals surface area contributed by atoms with Gasteiger partial charge in [-0.05, 0) is 74.5 Å². The molecule has 1 aromatic heterocycles. The van der Waals surface area contributed by atoms with Gasteiger partial charge in [0.1, 0.15) is 11.9 Å². The fourth-order valence-corrected chi connectivity index (χ4v) is 3.71. The van der Waals surface area contributed by atoms with Gasteiger partial charge in [0.25, 0.3) is 0 Å². The van der Waals surface area contributed by atoms with Crippen LogP contribution < -0.4 is 10.1 Å². The topological polar surface area (TPSA) is 34.1 Å². The van der Waals surface area contributed by atoms with Gasteiger partial charge in [-0.25, -0.2) is 0 Å². The quantitative estimate of drug-likeness (QED) is 0.758. The van der Waals surface area contributed by atoms with Crippen molar-refractivity contribution in [1.29, 1.82) is 0 Å². The van der Waals surface area contributed by atoms with Gasteiger partial charge in [-0.3, -0.25) is 4.98 Å². The number of aryl methyl sites for hydroxylation is 2. The number of rotatable bonds is 3. The molecule has 1 fully saturated rings. The molecule has 0 unspecified atom stereocenters. The Morgan fingerprint density at radius 3 is 2.68 bits per heavy atom. The molecule has 0 amide bonds. The third-order valence-corrected chi connectivity index (χ3v) is 5.01. The Balaban J connectivity index is 1.87. The molecule has 3 heteroatoms. The summed E-state index contributed by atoms with van der Waals surface area (Å²) < 4.78 is 6.47. The second-order valence-electron chi connectivity index (χ2n) is 6.92. The van der Waals surface area contributed by atoms with Crippen molar-refractivity contribution >= 4 is 10.8 Å². The van der Waals surface area contributed by atoms with Crippen LogP contribution in [0.15, 0.2) is 48.8 Å². The summed E-state index contributed by atoms with van der Waals surface area (Å²) in [4.78, 5) is 4.28. The van der Waals surface area contributed by atoms with E-state index < -0.39 is 0 Å². The number of hydrogen-bond acceptors (Lipinski definition) is 3. The van der Waals surface area contributed by atoms with E-state index in [0.29, 0.717) is 0 Å². The summed E-state index contributed by atoms with van der Waals surface area (Å²) in [5.41, 5.74) is 4.99. The van der Waals surface area contributed by atoms with Gasteiger partial charge >= 0.3 is 0 Å². The Bertz CT molecular complexity index is 898. The summed E-state index contributed by atoms with van der Waals surface area (Å²) in [5, 5.41) is 5.75. The van der Waals surface area contributed by atoms with Crippen molar-refractivity contribution < 1.29 is 4.74 Å². The molecule has 1 aliphatic rings. The first-order valence-electron chi connectivity index (χ1n) is 9.04. The molecule has 3 aromatic rings. The summed E-state index contributed by atoms with van der Waals surface area (Å²) in [7, 11) is 0. The summed E-state index contributed by atoms with van der Waals surface area (Å²) in [6.07, 6.45) is 6.19. The molecule has 0 aliphatic carbocycles. The molecule has 2 aromatic carbocycles. The number of hydrogen-bond donors (Lipinski definition) is 1. The molecule has 0 atom stereocenters. The van der Waals surface area contributed by atoms with Crippen LogP contribution in [0.25, 0.3) is 21.9 Å². The van der Waals surface area contributed by atoms with Gasteiger partial charge in [0.15, 0.2) is 0 Å². The molecule has 1 aliphatic heterocycles. The molecule has 25 heavy (non-hydrogen) atoms. The zero-order valence-electron chi connectivity index (χ0n) is 14.9. The van der Waals surface area contributed by atoms with E-state index in [-0.39, 0.29) is 6.10 Å². The van der Waals surface area contributed by atoms with Crippen molar-refractivity contribution in [1.82, 2.24) is 10.3 Å². The first kappa shape index (κ1) is 16.1. The van der Waals surface area contributed by atoms with Crippen LogP contribution in [0, 0.1) is 13.8 Å². The van der Waals surface area contributed by atoms with Crippen LogP contribution in [0.4, 0.5) is 0 Å². The van der Waals surface area contributed by atoms with Gasteiger partial charge in [0, 0.05) is 23.3 Å². The zero-order chi connectivity index (χ0) is 17.2. The van der Waals surface area contributed by atoms with Crippen LogP contribution in [0.1, 0.15) is 24.0 Å². The van der Waals surface area contributed by atoms with Gasteiger partial charge in [-0.15, -0.1) is 0 Å². The number of nitrogens with zero attached hydrogens (tertiary/aromatic N) is 1. The Hall–Kier alpha value is -2.39. The second kappa shape index (κ2) is 6.85. The van der Waals surface area contributed by atoms with Crippen LogP contribution >= 0.6 is 0 Å². The molecule has 1 saturated heterocycles. The Labute approximate surface area is 149 Å². The summed E-state index contributed by atoms with van der Waals surface area (Å²) >= 11 is 0. The Morgan fingerprint density at radius 1 is 1.04 bits per heavy atom. The van der Waals surface area contributed by atoms with Gasteiger partial charge in [0.05, 0.1) is 0 Å². The average molecular weight is 332 g/mol. The number of fused-ring (bicyclic) bond motifs is 1. The molecule has 0 radical (unpaired) electrons. The van der Waals surface area contributed by atoms with Gasteiger partial charge in [0.2, 0.25) is 0 Å². The SMILES string of the molecule is Cc1ccc(-c2c(OC3CCNCC3)ccc3cnccc23)c(C)c1. The van der Waals surface area contributed by atoms with Crippen LogP contribution in [-0.4, -0.2) is 24.2 Å². The number of benzene rings is 2. The summed E-state index contributed by atoms with van der Waals surface area (Å²) in [5.74, 6) is 0.984. The smallest absolute Gasteiger partial charge is 0.128 e. The molecular weight excluding hydrogens is 308 g/mol. The highest BCUT2D eigenvalue weighted by atomic mass is 16.5. The van der Waals surface area contributed by atoms with E-state index in [1.165, 1.54) is 27.6 Å². The molecule has 4 rings (SSSR count). The van der Waals surface area contributed by atoms with E-state index in [4.69, 9.17) is 4.74 Å². The molecule has 0 spiro atoms. The Morgan fingerprint density at radius 2 is 1.88 bits per heavy atom. The van der Waals surface area contributed by atoms with E-state index in [1.807, 2.05) is 12.4 Å². The first-order valence-corrected chi connectivity index (χ1v) is 9.04. The zero-order valence-corrected chi connectivity index (χ0v) is 14.9. The third kappa shape index (κ3) is 3.24. The number of piperidine rings is 1. The highest BCUT2D eigenvalue weighted by molar-refractivity contribution is 6.00. The Kier molecular flexibility index (Phi) is 4.41. The molecule has 3 nitrogen and oxygen atoms in total. The van der Waals surface area contributed by atoms with Crippen molar-refractivity contribution in [2.45, 2.75) is 32.8 Å². The lowest BCUT2D eigenvalue weighted by Gasteiger charge is -2.26. The maximum Gasteiger partial charge on any atom is 0.128 e. The van der Waals surface area contributed by atoms with Gasteiger partial charge in [-0.1, -0.05) is 23.8 Å². The van der Waals surface area contributed by atoms with E-state index in [9.17, 15) is 0 Å². The van der Waals surface area contributed by atoms with Gasteiger partial charge in [-0.2, -0.15) is 0 Å². The van der Waals surface area contributed by atoms with Crippen LogP contribution in [0.2, 0.25) is 0 Å². The molecule has 0 bridgehead atoms. The van der Waals surface area contributed by atoms with Crippen molar-refractivity contribution in [2.24, 2.45) is 0 Å². The first-order chi connectivity index (χ1) is 12.2. The minimum Gasteiger partial charge on any atom is -0.490 e. The lowest BCUT2D eigenvalue weighted by atomic mass is 9.94. The standard InChI is InChI=1S/C22H24N2O/c1-15-3-5-19(16(2)13-15)22-20-9-12-24-14-17(20)4-6-21(22)25-18-7-10-23-11-8-18/h3-6,9,12-14,18,23H,7-8,10-11H2,1-2H3. The van der Waals surface area contributed by atoms with E-state index >= 15 is 0 Å². The normalized spacial score (nSPS) is 15.4. The van der Waals surface area contributed by atoms with Crippen LogP contribution in [0.3, 0.4) is 0 Å². The lowest BCUT2D eigenvalue weighted by molar-refractivity contribution is 0.163. The van der Waals surface area contributed by atoms with Crippen molar-refractivity contribution in [3.8, 4) is 16.9 Å². The molecule has 128 valence electrons. The highest BCUT2D eigenvalue weighted by Crippen LogP contribution is 2.39. The highest BCUT2D eigenvalue weighted by Gasteiger charge is 2.19. The largest absolute Gasteiger partial charge is 0.490 e. The van der Waals surface area contributed by atoms with Crippen LogP contribution in [-0.2, 0) is 0 Å². The summed E-state index contributed by atoms with van der Waals surface area (Å²) in [6.45, 7) is 6.37.